The molecule has 0 bridgehead atoms. The van der Waals surface area contributed by atoms with E-state index in [-0.39, 0.29) is 0 Å². The van der Waals surface area contributed by atoms with Crippen molar-refractivity contribution in [2.45, 2.75) is 13.8 Å². The van der Waals surface area contributed by atoms with Crippen LogP contribution in [0.3, 0.4) is 0 Å². The van der Waals surface area contributed by atoms with Gasteiger partial charge in [0.2, 0.25) is 0 Å². The number of nitrogens with zero attached hydrogens (tertiary/aromatic N) is 1. The van der Waals surface area contributed by atoms with Crippen LogP contribution in [0.25, 0.3) is 10.4 Å². The SMILES string of the molecule is Cc1ncc(-c2ccc(O)c(C)c2)s1. The monoisotopic (exact) mass is 205 g/mol. The molecule has 0 saturated carbocycles. The average molecular weight is 205 g/mol. The fourth-order valence-electron chi connectivity index (χ4n) is 1.30. The van der Waals surface area contributed by atoms with E-state index in [1.807, 2.05) is 32.2 Å². The van der Waals surface area contributed by atoms with Gasteiger partial charge in [-0.2, -0.15) is 0 Å². The van der Waals surface area contributed by atoms with E-state index >= 15 is 0 Å². The summed E-state index contributed by atoms with van der Waals surface area (Å²) in [4.78, 5) is 5.35. The van der Waals surface area contributed by atoms with Crippen molar-refractivity contribution in [3.8, 4) is 16.2 Å². The standard InChI is InChI=1S/C11H11NOS/c1-7-5-9(3-4-10(7)13)11-6-12-8(2)14-11/h3-6,13H,1-2H3. The molecule has 2 nitrogen and oxygen atoms in total. The summed E-state index contributed by atoms with van der Waals surface area (Å²) < 4.78 is 0. The number of rotatable bonds is 1. The van der Waals surface area contributed by atoms with E-state index in [0.717, 1.165) is 21.0 Å². The van der Waals surface area contributed by atoms with Crippen LogP contribution in [-0.4, -0.2) is 10.1 Å². The highest BCUT2D eigenvalue weighted by Gasteiger charge is 2.03. The Morgan fingerprint density at radius 1 is 1.29 bits per heavy atom. The van der Waals surface area contributed by atoms with Gasteiger partial charge in [-0.15, -0.1) is 11.3 Å². The van der Waals surface area contributed by atoms with Crippen molar-refractivity contribution in [2.24, 2.45) is 0 Å². The Morgan fingerprint density at radius 2 is 2.07 bits per heavy atom. The van der Waals surface area contributed by atoms with Gasteiger partial charge in [-0.25, -0.2) is 4.98 Å². The maximum absolute atomic E-state index is 9.38. The maximum atomic E-state index is 9.38. The smallest absolute Gasteiger partial charge is 0.118 e. The summed E-state index contributed by atoms with van der Waals surface area (Å²) in [5.74, 6) is 0.343. The van der Waals surface area contributed by atoms with E-state index < -0.39 is 0 Å². The molecule has 0 aliphatic heterocycles. The molecule has 0 amide bonds. The lowest BCUT2D eigenvalue weighted by atomic mass is 10.1. The van der Waals surface area contributed by atoms with Crippen molar-refractivity contribution >= 4 is 11.3 Å². The summed E-state index contributed by atoms with van der Waals surface area (Å²) in [5.41, 5.74) is 2.01. The van der Waals surface area contributed by atoms with Crippen LogP contribution in [0.2, 0.25) is 0 Å². The number of phenols is 1. The molecule has 72 valence electrons. The molecule has 0 spiro atoms. The Kier molecular flexibility index (Phi) is 2.25. The van der Waals surface area contributed by atoms with E-state index in [0.29, 0.717) is 5.75 Å². The second kappa shape index (κ2) is 3.42. The third-order valence-corrected chi connectivity index (χ3v) is 3.06. The van der Waals surface area contributed by atoms with Crippen molar-refractivity contribution in [2.75, 3.05) is 0 Å². The minimum absolute atomic E-state index is 0.343. The van der Waals surface area contributed by atoms with Gasteiger partial charge in [-0.05, 0) is 43.2 Å². The Labute approximate surface area is 86.9 Å². The van der Waals surface area contributed by atoms with Crippen LogP contribution in [-0.2, 0) is 0 Å². The zero-order chi connectivity index (χ0) is 10.1. The van der Waals surface area contributed by atoms with Crippen molar-refractivity contribution in [3.63, 3.8) is 0 Å². The summed E-state index contributed by atoms with van der Waals surface area (Å²) in [6.07, 6.45) is 1.87. The minimum atomic E-state index is 0.343. The second-order valence-corrected chi connectivity index (χ2v) is 4.48. The molecule has 0 saturated heterocycles. The van der Waals surface area contributed by atoms with Crippen LogP contribution in [0.5, 0.6) is 5.75 Å². The first-order valence-corrected chi connectivity index (χ1v) is 5.21. The van der Waals surface area contributed by atoms with Crippen LogP contribution < -0.4 is 0 Å². The van der Waals surface area contributed by atoms with Crippen LogP contribution in [0.4, 0.5) is 0 Å². The third kappa shape index (κ3) is 1.63. The maximum Gasteiger partial charge on any atom is 0.118 e. The fraction of sp³-hybridized carbons (Fsp3) is 0.182. The Morgan fingerprint density at radius 3 is 2.64 bits per heavy atom. The molecule has 1 aromatic carbocycles. The second-order valence-electron chi connectivity index (χ2n) is 3.24. The van der Waals surface area contributed by atoms with Gasteiger partial charge in [-0.1, -0.05) is 0 Å². The lowest BCUT2D eigenvalue weighted by Gasteiger charge is -2.00. The third-order valence-electron chi connectivity index (χ3n) is 2.10. The number of thiazole rings is 1. The van der Waals surface area contributed by atoms with Gasteiger partial charge in [0.25, 0.3) is 0 Å². The molecule has 0 aliphatic carbocycles. The number of benzene rings is 1. The lowest BCUT2D eigenvalue weighted by Crippen LogP contribution is -1.76. The Hall–Kier alpha value is -1.35. The highest BCUT2D eigenvalue weighted by Crippen LogP contribution is 2.29. The van der Waals surface area contributed by atoms with E-state index in [9.17, 15) is 5.11 Å². The summed E-state index contributed by atoms with van der Waals surface area (Å²) in [6, 6.07) is 5.61. The molecule has 1 N–H and O–H groups in total. The van der Waals surface area contributed by atoms with Gasteiger partial charge in [0.15, 0.2) is 0 Å². The average Bonchev–Trinajstić information content (AvgIpc) is 2.57. The predicted molar refractivity (Wildman–Crippen MR) is 58.7 cm³/mol. The molecule has 2 rings (SSSR count). The van der Waals surface area contributed by atoms with E-state index in [2.05, 4.69) is 4.98 Å². The number of hydrogen-bond acceptors (Lipinski definition) is 3. The molecule has 0 radical (unpaired) electrons. The van der Waals surface area contributed by atoms with Crippen LogP contribution in [0, 0.1) is 13.8 Å². The minimum Gasteiger partial charge on any atom is -0.508 e. The number of aromatic hydroxyl groups is 1. The Bertz CT molecular complexity index is 462. The van der Waals surface area contributed by atoms with Crippen LogP contribution in [0.15, 0.2) is 24.4 Å². The van der Waals surface area contributed by atoms with E-state index in [1.54, 1.807) is 17.4 Å². The van der Waals surface area contributed by atoms with Crippen LogP contribution in [0.1, 0.15) is 10.6 Å². The topological polar surface area (TPSA) is 33.1 Å². The lowest BCUT2D eigenvalue weighted by molar-refractivity contribution is 0.471. The van der Waals surface area contributed by atoms with E-state index in [1.165, 1.54) is 0 Å². The normalized spacial score (nSPS) is 10.4. The zero-order valence-corrected chi connectivity index (χ0v) is 8.93. The Balaban J connectivity index is 2.47. The van der Waals surface area contributed by atoms with Crippen molar-refractivity contribution in [1.29, 1.82) is 0 Å². The van der Waals surface area contributed by atoms with Crippen molar-refractivity contribution in [1.82, 2.24) is 4.98 Å². The molecule has 2 aromatic rings. The molecular weight excluding hydrogens is 194 g/mol. The van der Waals surface area contributed by atoms with Gasteiger partial charge in [-0.3, -0.25) is 0 Å². The van der Waals surface area contributed by atoms with E-state index in [4.69, 9.17) is 0 Å². The summed E-state index contributed by atoms with van der Waals surface area (Å²) in [7, 11) is 0. The summed E-state index contributed by atoms with van der Waals surface area (Å²) in [6.45, 7) is 3.88. The zero-order valence-electron chi connectivity index (χ0n) is 8.11. The fourth-order valence-corrected chi connectivity index (χ4v) is 2.08. The molecule has 0 fully saturated rings. The molecule has 1 heterocycles. The van der Waals surface area contributed by atoms with Crippen LogP contribution >= 0.6 is 11.3 Å². The summed E-state index contributed by atoms with van der Waals surface area (Å²) >= 11 is 1.66. The number of aryl methyl sites for hydroxylation is 2. The molecule has 0 atom stereocenters. The first-order valence-electron chi connectivity index (χ1n) is 4.39. The first kappa shape index (κ1) is 9.21. The van der Waals surface area contributed by atoms with Crippen molar-refractivity contribution < 1.29 is 5.11 Å². The highest BCUT2D eigenvalue weighted by molar-refractivity contribution is 7.15. The van der Waals surface area contributed by atoms with Gasteiger partial charge in [0.05, 0.1) is 9.88 Å². The molecule has 0 aliphatic rings. The largest absolute Gasteiger partial charge is 0.508 e. The summed E-state index contributed by atoms with van der Waals surface area (Å²) in [5, 5.41) is 10.4. The van der Waals surface area contributed by atoms with Gasteiger partial charge < -0.3 is 5.11 Å². The molecule has 3 heteroatoms. The van der Waals surface area contributed by atoms with Gasteiger partial charge in [0, 0.05) is 6.20 Å². The number of phenolic OH excluding ortho intramolecular Hbond substituents is 1. The van der Waals surface area contributed by atoms with Gasteiger partial charge >= 0.3 is 0 Å². The number of hydrogen-bond donors (Lipinski definition) is 1. The van der Waals surface area contributed by atoms with Gasteiger partial charge in [0.1, 0.15) is 5.75 Å². The highest BCUT2D eigenvalue weighted by atomic mass is 32.1. The first-order chi connectivity index (χ1) is 6.66. The van der Waals surface area contributed by atoms with Crippen molar-refractivity contribution in [3.05, 3.63) is 35.0 Å². The quantitative estimate of drug-likeness (QED) is 0.775. The molecule has 1 aromatic heterocycles. The predicted octanol–water partition coefficient (Wildman–Crippen LogP) is 3.13. The molecule has 14 heavy (non-hydrogen) atoms. The molecule has 0 unspecified atom stereocenters. The molecular formula is C11H11NOS. The number of aromatic nitrogens is 1.